The van der Waals surface area contributed by atoms with Crippen molar-refractivity contribution in [3.05, 3.63) is 30.6 Å². The number of nitrogens with one attached hydrogen (secondary N) is 3. The van der Waals surface area contributed by atoms with Gasteiger partial charge in [0.25, 0.3) is 0 Å². The highest BCUT2D eigenvalue weighted by Crippen LogP contribution is 2.27. The van der Waals surface area contributed by atoms with Gasteiger partial charge in [-0.05, 0) is 31.0 Å². The molecule has 0 atom stereocenters. The zero-order valence-corrected chi connectivity index (χ0v) is 13.4. The van der Waals surface area contributed by atoms with Crippen LogP contribution in [0.25, 0.3) is 10.9 Å². The smallest absolute Gasteiger partial charge is 0.246 e. The van der Waals surface area contributed by atoms with E-state index in [2.05, 4.69) is 31.1 Å². The Bertz CT molecular complexity index is 925. The SMILES string of the molecule is O=C(Cn1cc(NC(=O)C2CCC2)nn1)Nc1ccc2[nH]ncc2c1. The summed E-state index contributed by atoms with van der Waals surface area (Å²) in [7, 11) is 0. The number of anilines is 2. The molecule has 0 radical (unpaired) electrons. The van der Waals surface area contributed by atoms with Crippen LogP contribution in [0.2, 0.25) is 0 Å². The first-order chi connectivity index (χ1) is 12.2. The molecule has 2 heterocycles. The fourth-order valence-corrected chi connectivity index (χ4v) is 2.70. The Morgan fingerprint density at radius 3 is 2.96 bits per heavy atom. The van der Waals surface area contributed by atoms with Gasteiger partial charge in [0.2, 0.25) is 11.8 Å². The second kappa shape index (κ2) is 6.34. The van der Waals surface area contributed by atoms with E-state index >= 15 is 0 Å². The number of H-pyrrole nitrogens is 1. The molecule has 1 aliphatic carbocycles. The van der Waals surface area contributed by atoms with E-state index in [0.717, 1.165) is 30.2 Å². The topological polar surface area (TPSA) is 118 Å². The van der Waals surface area contributed by atoms with E-state index in [0.29, 0.717) is 11.5 Å². The molecule has 9 heteroatoms. The van der Waals surface area contributed by atoms with Crippen molar-refractivity contribution in [1.29, 1.82) is 0 Å². The maximum atomic E-state index is 12.1. The fourth-order valence-electron chi connectivity index (χ4n) is 2.70. The average molecular weight is 339 g/mol. The Hall–Kier alpha value is -3.23. The number of hydrogen-bond acceptors (Lipinski definition) is 5. The number of amides is 2. The lowest BCUT2D eigenvalue weighted by atomic mass is 9.85. The molecule has 0 spiro atoms. The van der Waals surface area contributed by atoms with Gasteiger partial charge in [0.1, 0.15) is 6.54 Å². The molecule has 3 N–H and O–H groups in total. The van der Waals surface area contributed by atoms with Gasteiger partial charge in [-0.25, -0.2) is 4.68 Å². The molecule has 0 saturated heterocycles. The van der Waals surface area contributed by atoms with Crippen LogP contribution in [0.5, 0.6) is 0 Å². The second-order valence-corrected chi connectivity index (χ2v) is 6.14. The number of carbonyl (C=O) groups excluding carboxylic acids is 2. The van der Waals surface area contributed by atoms with E-state index in [4.69, 9.17) is 0 Å². The minimum absolute atomic E-state index is 0.00965. The van der Waals surface area contributed by atoms with Crippen LogP contribution in [0.4, 0.5) is 11.5 Å². The normalized spacial score (nSPS) is 14.2. The van der Waals surface area contributed by atoms with E-state index in [1.165, 1.54) is 4.68 Å². The standard InChI is InChI=1S/C16H17N7O2/c24-15(18-12-4-5-13-11(6-12)7-17-20-13)9-23-8-14(21-22-23)19-16(25)10-2-1-3-10/h4-8,10H,1-3,9H2,(H,17,20)(H,18,24)(H,19,25). The van der Waals surface area contributed by atoms with Crippen molar-refractivity contribution < 1.29 is 9.59 Å². The monoisotopic (exact) mass is 339 g/mol. The molecule has 25 heavy (non-hydrogen) atoms. The van der Waals surface area contributed by atoms with Gasteiger partial charge in [-0.3, -0.25) is 14.7 Å². The number of carbonyl (C=O) groups is 2. The highest BCUT2D eigenvalue weighted by molar-refractivity contribution is 5.94. The van der Waals surface area contributed by atoms with E-state index in [1.54, 1.807) is 18.5 Å². The summed E-state index contributed by atoms with van der Waals surface area (Å²) < 4.78 is 1.39. The number of rotatable bonds is 5. The third-order valence-corrected chi connectivity index (χ3v) is 4.30. The fraction of sp³-hybridized carbons (Fsp3) is 0.312. The van der Waals surface area contributed by atoms with Crippen molar-refractivity contribution in [3.8, 4) is 0 Å². The molecule has 1 aliphatic rings. The van der Waals surface area contributed by atoms with Crippen LogP contribution < -0.4 is 10.6 Å². The molecule has 1 fully saturated rings. The lowest BCUT2D eigenvalue weighted by Crippen LogP contribution is -2.28. The summed E-state index contributed by atoms with van der Waals surface area (Å²) in [6.07, 6.45) is 6.18. The molecule has 128 valence electrons. The Balaban J connectivity index is 1.35. The molecular formula is C16H17N7O2. The summed E-state index contributed by atoms with van der Waals surface area (Å²) in [6, 6.07) is 5.48. The summed E-state index contributed by atoms with van der Waals surface area (Å²) in [4.78, 5) is 24.0. The third-order valence-electron chi connectivity index (χ3n) is 4.30. The predicted octanol–water partition coefficient (Wildman–Crippen LogP) is 1.53. The minimum atomic E-state index is -0.232. The molecule has 9 nitrogen and oxygen atoms in total. The quantitative estimate of drug-likeness (QED) is 0.651. The largest absolute Gasteiger partial charge is 0.324 e. The van der Waals surface area contributed by atoms with Crippen molar-refractivity contribution in [1.82, 2.24) is 25.2 Å². The second-order valence-electron chi connectivity index (χ2n) is 6.14. The molecule has 0 aliphatic heterocycles. The van der Waals surface area contributed by atoms with Gasteiger partial charge >= 0.3 is 0 Å². The van der Waals surface area contributed by atoms with Crippen molar-refractivity contribution in [2.45, 2.75) is 25.8 Å². The number of fused-ring (bicyclic) bond motifs is 1. The van der Waals surface area contributed by atoms with Crippen LogP contribution in [0.3, 0.4) is 0 Å². The van der Waals surface area contributed by atoms with Gasteiger partial charge in [0.15, 0.2) is 5.82 Å². The van der Waals surface area contributed by atoms with Gasteiger partial charge in [0, 0.05) is 17.0 Å². The summed E-state index contributed by atoms with van der Waals surface area (Å²) in [5.74, 6) is 0.177. The first-order valence-corrected chi connectivity index (χ1v) is 8.11. The van der Waals surface area contributed by atoms with Crippen molar-refractivity contribution in [2.24, 2.45) is 5.92 Å². The van der Waals surface area contributed by atoms with Crippen LogP contribution in [-0.2, 0) is 16.1 Å². The number of hydrogen-bond donors (Lipinski definition) is 3. The summed E-state index contributed by atoms with van der Waals surface area (Å²) in [6.45, 7) is 0.00965. The zero-order valence-electron chi connectivity index (χ0n) is 13.4. The minimum Gasteiger partial charge on any atom is -0.324 e. The third kappa shape index (κ3) is 3.35. The van der Waals surface area contributed by atoms with Crippen molar-refractivity contribution in [3.63, 3.8) is 0 Å². The lowest BCUT2D eigenvalue weighted by Gasteiger charge is -2.23. The molecule has 4 rings (SSSR count). The Labute approximate surface area is 142 Å². The number of aromatic amines is 1. The summed E-state index contributed by atoms with van der Waals surface area (Å²) in [5, 5.41) is 21.0. The van der Waals surface area contributed by atoms with Gasteiger partial charge < -0.3 is 10.6 Å². The van der Waals surface area contributed by atoms with Crippen LogP contribution >= 0.6 is 0 Å². The van der Waals surface area contributed by atoms with Crippen LogP contribution in [0.15, 0.2) is 30.6 Å². The Kier molecular flexibility index (Phi) is 3.88. The van der Waals surface area contributed by atoms with Gasteiger partial charge in [-0.1, -0.05) is 11.6 Å². The van der Waals surface area contributed by atoms with E-state index < -0.39 is 0 Å². The Morgan fingerprint density at radius 1 is 1.28 bits per heavy atom. The van der Waals surface area contributed by atoms with Gasteiger partial charge in [-0.2, -0.15) is 5.10 Å². The van der Waals surface area contributed by atoms with Gasteiger partial charge in [-0.15, -0.1) is 5.10 Å². The highest BCUT2D eigenvalue weighted by atomic mass is 16.2. The first kappa shape index (κ1) is 15.3. The molecular weight excluding hydrogens is 322 g/mol. The Morgan fingerprint density at radius 2 is 2.16 bits per heavy atom. The lowest BCUT2D eigenvalue weighted by molar-refractivity contribution is -0.122. The van der Waals surface area contributed by atoms with E-state index in [1.807, 2.05) is 12.1 Å². The van der Waals surface area contributed by atoms with E-state index in [-0.39, 0.29) is 24.3 Å². The van der Waals surface area contributed by atoms with Crippen molar-refractivity contribution >= 4 is 34.2 Å². The first-order valence-electron chi connectivity index (χ1n) is 8.11. The number of benzene rings is 1. The van der Waals surface area contributed by atoms with Crippen LogP contribution in [0, 0.1) is 5.92 Å². The average Bonchev–Trinajstić information content (AvgIpc) is 3.14. The maximum absolute atomic E-state index is 12.1. The molecule has 2 amide bonds. The van der Waals surface area contributed by atoms with Crippen LogP contribution in [-0.4, -0.2) is 37.0 Å². The molecule has 3 aromatic rings. The van der Waals surface area contributed by atoms with Crippen molar-refractivity contribution in [2.75, 3.05) is 10.6 Å². The highest BCUT2D eigenvalue weighted by Gasteiger charge is 2.25. The predicted molar refractivity (Wildman–Crippen MR) is 90.7 cm³/mol. The number of nitrogens with zero attached hydrogens (tertiary/aromatic N) is 4. The molecule has 0 bridgehead atoms. The van der Waals surface area contributed by atoms with Crippen LogP contribution in [0.1, 0.15) is 19.3 Å². The number of aromatic nitrogens is 5. The molecule has 0 unspecified atom stereocenters. The summed E-state index contributed by atoms with van der Waals surface area (Å²) >= 11 is 0. The molecule has 1 saturated carbocycles. The zero-order chi connectivity index (χ0) is 17.2. The van der Waals surface area contributed by atoms with Gasteiger partial charge in [0.05, 0.1) is 17.9 Å². The molecule has 1 aromatic carbocycles. The summed E-state index contributed by atoms with van der Waals surface area (Å²) in [5.41, 5.74) is 1.58. The van der Waals surface area contributed by atoms with E-state index in [9.17, 15) is 9.59 Å². The molecule has 2 aromatic heterocycles. The maximum Gasteiger partial charge on any atom is 0.246 e.